The molecule has 3 nitrogen and oxygen atoms in total. The fraction of sp³-hybridized carbons (Fsp3) is 0.400. The Morgan fingerprint density at radius 1 is 1.28 bits per heavy atom. The zero-order valence-electron chi connectivity index (χ0n) is 11.5. The van der Waals surface area contributed by atoms with Crippen LogP contribution in [0.3, 0.4) is 0 Å². The molecule has 0 aliphatic rings. The molecule has 2 aromatic rings. The highest BCUT2D eigenvalue weighted by Crippen LogP contribution is 2.33. The number of fused-ring (bicyclic) bond motifs is 1. The highest BCUT2D eigenvalue weighted by Gasteiger charge is 2.12. The van der Waals surface area contributed by atoms with Crippen LogP contribution in [0.1, 0.15) is 25.1 Å². The van der Waals surface area contributed by atoms with E-state index in [1.165, 1.54) is 11.3 Å². The van der Waals surface area contributed by atoms with E-state index < -0.39 is 0 Å². The van der Waals surface area contributed by atoms with E-state index in [-0.39, 0.29) is 0 Å². The van der Waals surface area contributed by atoms with E-state index in [1.807, 2.05) is 26.1 Å². The minimum atomic E-state index is 0.657. The summed E-state index contributed by atoms with van der Waals surface area (Å²) in [6, 6.07) is 6.09. The summed E-state index contributed by atoms with van der Waals surface area (Å²) in [5, 5.41) is 4.43. The summed E-state index contributed by atoms with van der Waals surface area (Å²) in [6.07, 6.45) is 0.976. The molecule has 2 rings (SSSR count). The summed E-state index contributed by atoms with van der Waals surface area (Å²) < 4.78 is 5.66. The van der Waals surface area contributed by atoms with Crippen LogP contribution in [0.5, 0.6) is 5.75 Å². The van der Waals surface area contributed by atoms with Crippen molar-refractivity contribution in [1.82, 2.24) is 4.98 Å². The van der Waals surface area contributed by atoms with Gasteiger partial charge in [0.25, 0.3) is 0 Å². The van der Waals surface area contributed by atoms with Gasteiger partial charge in [-0.15, -0.1) is 0 Å². The number of aryl methyl sites for hydroxylation is 1. The van der Waals surface area contributed by atoms with Crippen molar-refractivity contribution in [2.75, 3.05) is 19.0 Å². The van der Waals surface area contributed by atoms with Gasteiger partial charge >= 0.3 is 0 Å². The molecule has 0 atom stereocenters. The molecule has 0 fully saturated rings. The second-order valence-electron chi connectivity index (χ2n) is 4.24. The SMILES string of the molecule is CCOc1cccc2c(NC)c(CC)c(C)nc12. The Labute approximate surface area is 108 Å². The van der Waals surface area contributed by atoms with Gasteiger partial charge in [-0.3, -0.25) is 0 Å². The van der Waals surface area contributed by atoms with E-state index >= 15 is 0 Å². The average molecular weight is 244 g/mol. The molecule has 0 aliphatic heterocycles. The van der Waals surface area contributed by atoms with Gasteiger partial charge in [0.1, 0.15) is 11.3 Å². The average Bonchev–Trinajstić information content (AvgIpc) is 2.38. The molecule has 0 unspecified atom stereocenters. The largest absolute Gasteiger partial charge is 0.492 e. The van der Waals surface area contributed by atoms with Crippen molar-refractivity contribution in [3.05, 3.63) is 29.5 Å². The lowest BCUT2D eigenvalue weighted by molar-refractivity contribution is 0.343. The van der Waals surface area contributed by atoms with Crippen LogP contribution in [-0.2, 0) is 6.42 Å². The molecule has 1 heterocycles. The van der Waals surface area contributed by atoms with Gasteiger partial charge in [0.2, 0.25) is 0 Å². The molecule has 3 heteroatoms. The number of rotatable bonds is 4. The summed E-state index contributed by atoms with van der Waals surface area (Å²) in [5.74, 6) is 0.859. The van der Waals surface area contributed by atoms with Crippen molar-refractivity contribution < 1.29 is 4.74 Å². The minimum Gasteiger partial charge on any atom is -0.492 e. The molecule has 1 aromatic carbocycles. The predicted octanol–water partition coefficient (Wildman–Crippen LogP) is 3.55. The third kappa shape index (κ3) is 2.01. The minimum absolute atomic E-state index is 0.657. The second kappa shape index (κ2) is 5.25. The van der Waals surface area contributed by atoms with Crippen LogP contribution in [0.2, 0.25) is 0 Å². The fourth-order valence-electron chi connectivity index (χ4n) is 2.41. The van der Waals surface area contributed by atoms with E-state index in [1.54, 1.807) is 0 Å². The number of anilines is 1. The van der Waals surface area contributed by atoms with Crippen molar-refractivity contribution >= 4 is 16.6 Å². The molecule has 96 valence electrons. The Bertz CT molecular complexity index is 564. The summed E-state index contributed by atoms with van der Waals surface area (Å²) >= 11 is 0. The van der Waals surface area contributed by atoms with Gasteiger partial charge in [0, 0.05) is 23.8 Å². The fourth-order valence-corrected chi connectivity index (χ4v) is 2.41. The lowest BCUT2D eigenvalue weighted by Gasteiger charge is -2.15. The number of hydrogen-bond donors (Lipinski definition) is 1. The summed E-state index contributed by atoms with van der Waals surface area (Å²) in [4.78, 5) is 4.71. The Kier molecular flexibility index (Phi) is 3.70. The lowest BCUT2D eigenvalue weighted by Crippen LogP contribution is -2.02. The number of nitrogens with one attached hydrogen (secondary N) is 1. The van der Waals surface area contributed by atoms with Gasteiger partial charge in [-0.1, -0.05) is 19.1 Å². The monoisotopic (exact) mass is 244 g/mol. The molecular weight excluding hydrogens is 224 g/mol. The van der Waals surface area contributed by atoms with Gasteiger partial charge in [0.05, 0.1) is 6.61 Å². The molecule has 0 aliphatic carbocycles. The molecule has 0 amide bonds. The first-order valence-corrected chi connectivity index (χ1v) is 6.45. The van der Waals surface area contributed by atoms with Crippen LogP contribution in [0.25, 0.3) is 10.9 Å². The van der Waals surface area contributed by atoms with E-state index in [9.17, 15) is 0 Å². The van der Waals surface area contributed by atoms with Crippen molar-refractivity contribution in [3.63, 3.8) is 0 Å². The van der Waals surface area contributed by atoms with Gasteiger partial charge in [-0.05, 0) is 31.9 Å². The van der Waals surface area contributed by atoms with Gasteiger partial charge in [-0.2, -0.15) is 0 Å². The first kappa shape index (κ1) is 12.7. The molecule has 0 radical (unpaired) electrons. The lowest BCUT2D eigenvalue weighted by atomic mass is 10.0. The Balaban J connectivity index is 2.78. The highest BCUT2D eigenvalue weighted by atomic mass is 16.5. The Morgan fingerprint density at radius 3 is 2.67 bits per heavy atom. The Morgan fingerprint density at radius 2 is 2.06 bits per heavy atom. The van der Waals surface area contributed by atoms with Crippen LogP contribution in [0.4, 0.5) is 5.69 Å². The molecule has 18 heavy (non-hydrogen) atoms. The molecule has 0 spiro atoms. The van der Waals surface area contributed by atoms with Crippen LogP contribution in [-0.4, -0.2) is 18.6 Å². The maximum Gasteiger partial charge on any atom is 0.145 e. The topological polar surface area (TPSA) is 34.1 Å². The van der Waals surface area contributed by atoms with Gasteiger partial charge < -0.3 is 10.1 Å². The zero-order chi connectivity index (χ0) is 13.1. The van der Waals surface area contributed by atoms with E-state index in [0.29, 0.717) is 6.61 Å². The maximum absolute atomic E-state index is 5.66. The van der Waals surface area contributed by atoms with Crippen LogP contribution < -0.4 is 10.1 Å². The maximum atomic E-state index is 5.66. The molecule has 0 saturated heterocycles. The van der Waals surface area contributed by atoms with E-state index in [0.717, 1.165) is 28.8 Å². The number of aromatic nitrogens is 1. The third-order valence-corrected chi connectivity index (χ3v) is 3.19. The number of benzene rings is 1. The Hall–Kier alpha value is -1.77. The first-order chi connectivity index (χ1) is 8.72. The number of hydrogen-bond acceptors (Lipinski definition) is 3. The van der Waals surface area contributed by atoms with Crippen molar-refractivity contribution in [3.8, 4) is 5.75 Å². The first-order valence-electron chi connectivity index (χ1n) is 6.45. The number of nitrogens with zero attached hydrogens (tertiary/aromatic N) is 1. The molecular formula is C15H20N2O. The predicted molar refractivity (Wildman–Crippen MR) is 76.6 cm³/mol. The normalized spacial score (nSPS) is 10.7. The summed E-state index contributed by atoms with van der Waals surface area (Å²) in [6.45, 7) is 6.86. The smallest absolute Gasteiger partial charge is 0.145 e. The van der Waals surface area contributed by atoms with E-state index in [4.69, 9.17) is 9.72 Å². The number of para-hydroxylation sites is 1. The standard InChI is InChI=1S/C15H20N2O/c1-5-11-10(3)17-15-12(14(11)16-4)8-7-9-13(15)18-6-2/h7-9H,5-6H2,1-4H3,(H,16,17). The van der Waals surface area contributed by atoms with Crippen LogP contribution in [0, 0.1) is 6.92 Å². The number of ether oxygens (including phenoxy) is 1. The van der Waals surface area contributed by atoms with Crippen LogP contribution >= 0.6 is 0 Å². The molecule has 1 aromatic heterocycles. The van der Waals surface area contributed by atoms with Crippen LogP contribution in [0.15, 0.2) is 18.2 Å². The van der Waals surface area contributed by atoms with Gasteiger partial charge in [0.15, 0.2) is 0 Å². The zero-order valence-corrected chi connectivity index (χ0v) is 11.5. The third-order valence-electron chi connectivity index (χ3n) is 3.19. The van der Waals surface area contributed by atoms with E-state index in [2.05, 4.69) is 25.2 Å². The summed E-state index contributed by atoms with van der Waals surface area (Å²) in [7, 11) is 1.96. The molecule has 0 bridgehead atoms. The molecule has 1 N–H and O–H groups in total. The summed E-state index contributed by atoms with van der Waals surface area (Å²) in [5.41, 5.74) is 4.46. The quantitative estimate of drug-likeness (QED) is 0.893. The van der Waals surface area contributed by atoms with Crippen molar-refractivity contribution in [2.24, 2.45) is 0 Å². The van der Waals surface area contributed by atoms with Crippen molar-refractivity contribution in [1.29, 1.82) is 0 Å². The highest BCUT2D eigenvalue weighted by molar-refractivity contribution is 5.96. The second-order valence-corrected chi connectivity index (χ2v) is 4.24. The number of pyridine rings is 1. The van der Waals surface area contributed by atoms with Crippen molar-refractivity contribution in [2.45, 2.75) is 27.2 Å². The molecule has 0 saturated carbocycles. The van der Waals surface area contributed by atoms with Gasteiger partial charge in [-0.25, -0.2) is 4.98 Å².